The molecule has 0 radical (unpaired) electrons. The van der Waals surface area contributed by atoms with Crippen molar-refractivity contribution in [1.29, 1.82) is 0 Å². The van der Waals surface area contributed by atoms with Crippen LogP contribution in [-0.2, 0) is 0 Å². The molecular weight excluding hydrogens is 362 g/mol. The van der Waals surface area contributed by atoms with Crippen LogP contribution in [0.5, 0.6) is 0 Å². The van der Waals surface area contributed by atoms with Gasteiger partial charge in [-0.15, -0.1) is 6.58 Å². The molecule has 0 spiro atoms. The molecule has 0 fully saturated rings. The number of pyridine rings is 1. The van der Waals surface area contributed by atoms with E-state index < -0.39 is 8.07 Å². The largest absolute Gasteiger partial charge is 0.465 e. The quantitative estimate of drug-likeness (QED) is 0.398. The Morgan fingerprint density at radius 3 is 2.73 bits per heavy atom. The highest BCUT2D eigenvalue weighted by Gasteiger charge is 2.21. The first kappa shape index (κ1) is 18.2. The SMILES string of the molecule is C=CCNC(=S)Nc1ccc2ncc(-c3ccc([Si](C)(C)C)o3)nc2n1. The van der Waals surface area contributed by atoms with Gasteiger partial charge in [0.1, 0.15) is 25.1 Å². The Labute approximate surface area is 158 Å². The van der Waals surface area contributed by atoms with E-state index in [1.165, 1.54) is 0 Å². The molecule has 0 amide bonds. The van der Waals surface area contributed by atoms with Crippen LogP contribution in [0.2, 0.25) is 19.6 Å². The van der Waals surface area contributed by atoms with Crippen molar-refractivity contribution in [3.05, 3.63) is 43.1 Å². The van der Waals surface area contributed by atoms with E-state index in [1.54, 1.807) is 12.3 Å². The van der Waals surface area contributed by atoms with Crippen molar-refractivity contribution in [1.82, 2.24) is 20.3 Å². The zero-order chi connectivity index (χ0) is 18.7. The van der Waals surface area contributed by atoms with Crippen molar-refractivity contribution in [2.45, 2.75) is 19.6 Å². The molecule has 0 saturated heterocycles. The van der Waals surface area contributed by atoms with Gasteiger partial charge in [-0.3, -0.25) is 4.98 Å². The van der Waals surface area contributed by atoms with Gasteiger partial charge in [0, 0.05) is 6.54 Å². The van der Waals surface area contributed by atoms with Crippen LogP contribution in [0.15, 0.2) is 47.5 Å². The summed E-state index contributed by atoms with van der Waals surface area (Å²) in [5.74, 6) is 1.31. The van der Waals surface area contributed by atoms with Crippen molar-refractivity contribution in [2.75, 3.05) is 11.9 Å². The number of nitrogens with one attached hydrogen (secondary N) is 2. The van der Waals surface area contributed by atoms with Crippen LogP contribution in [0.4, 0.5) is 5.82 Å². The summed E-state index contributed by atoms with van der Waals surface area (Å²) in [5, 5.41) is 7.54. The molecule has 0 bridgehead atoms. The summed E-state index contributed by atoms with van der Waals surface area (Å²) in [4.78, 5) is 13.5. The van der Waals surface area contributed by atoms with Crippen molar-refractivity contribution >= 4 is 47.8 Å². The molecule has 6 nitrogen and oxygen atoms in total. The maximum absolute atomic E-state index is 6.00. The zero-order valence-corrected chi connectivity index (χ0v) is 16.9. The van der Waals surface area contributed by atoms with Gasteiger partial charge in [0.05, 0.1) is 11.6 Å². The second kappa shape index (κ2) is 7.34. The summed E-state index contributed by atoms with van der Waals surface area (Å²) in [7, 11) is -1.51. The number of hydrogen-bond acceptors (Lipinski definition) is 5. The van der Waals surface area contributed by atoms with E-state index in [1.807, 2.05) is 24.3 Å². The minimum absolute atomic E-state index is 0.478. The standard InChI is InChI=1S/C18H21N5OSSi/c1-5-10-19-18(25)23-15-8-6-12-17(22-15)21-13(11-20-12)14-7-9-16(24-14)26(2,3)4/h5-9,11H,1,10H2,2-4H3,(H2,19,21,22,23,25). The van der Waals surface area contributed by atoms with Crippen LogP contribution < -0.4 is 16.0 Å². The summed E-state index contributed by atoms with van der Waals surface area (Å²) in [5.41, 5.74) is 1.91. The van der Waals surface area contributed by atoms with Crippen LogP contribution in [0.3, 0.4) is 0 Å². The van der Waals surface area contributed by atoms with Crippen molar-refractivity contribution < 1.29 is 4.42 Å². The lowest BCUT2D eigenvalue weighted by molar-refractivity contribution is 0.610. The first-order valence-corrected chi connectivity index (χ1v) is 12.2. The average molecular weight is 384 g/mol. The van der Waals surface area contributed by atoms with E-state index in [0.29, 0.717) is 40.1 Å². The van der Waals surface area contributed by atoms with Crippen LogP contribution in [0.1, 0.15) is 0 Å². The fourth-order valence-electron chi connectivity index (χ4n) is 2.29. The van der Waals surface area contributed by atoms with Gasteiger partial charge in [0.2, 0.25) is 0 Å². The molecule has 3 heterocycles. The Bertz CT molecular complexity index is 964. The van der Waals surface area contributed by atoms with E-state index in [-0.39, 0.29) is 0 Å². The Balaban J connectivity index is 1.88. The number of furan rings is 1. The molecule has 134 valence electrons. The molecule has 3 rings (SSSR count). The lowest BCUT2D eigenvalue weighted by Crippen LogP contribution is -2.36. The molecule has 8 heteroatoms. The number of hydrogen-bond donors (Lipinski definition) is 2. The molecular formula is C18H21N5OSSi. The fraction of sp³-hybridized carbons (Fsp3) is 0.222. The number of fused-ring (bicyclic) bond motifs is 1. The van der Waals surface area contributed by atoms with Gasteiger partial charge in [0.25, 0.3) is 0 Å². The second-order valence-electron chi connectivity index (χ2n) is 6.83. The Morgan fingerprint density at radius 1 is 1.23 bits per heavy atom. The van der Waals surface area contributed by atoms with E-state index in [0.717, 1.165) is 5.38 Å². The van der Waals surface area contributed by atoms with Gasteiger partial charge < -0.3 is 15.1 Å². The van der Waals surface area contributed by atoms with Gasteiger partial charge in [0.15, 0.2) is 16.5 Å². The molecule has 3 aromatic rings. The summed E-state index contributed by atoms with van der Waals surface area (Å²) >= 11 is 5.21. The minimum Gasteiger partial charge on any atom is -0.465 e. The third kappa shape index (κ3) is 4.14. The molecule has 0 aliphatic carbocycles. The molecule has 0 aliphatic heterocycles. The lowest BCUT2D eigenvalue weighted by atomic mass is 10.3. The van der Waals surface area contributed by atoms with Crippen molar-refractivity contribution in [3.8, 4) is 11.5 Å². The number of anilines is 1. The third-order valence-electron chi connectivity index (χ3n) is 3.65. The predicted octanol–water partition coefficient (Wildman–Crippen LogP) is 3.30. The molecule has 0 unspecified atom stereocenters. The van der Waals surface area contributed by atoms with Gasteiger partial charge in [-0.1, -0.05) is 25.7 Å². The van der Waals surface area contributed by atoms with Gasteiger partial charge in [-0.2, -0.15) is 0 Å². The number of aromatic nitrogens is 3. The highest BCUT2D eigenvalue weighted by Crippen LogP contribution is 2.20. The van der Waals surface area contributed by atoms with Crippen LogP contribution >= 0.6 is 12.2 Å². The minimum atomic E-state index is -1.51. The summed E-state index contributed by atoms with van der Waals surface area (Å²) < 4.78 is 6.00. The maximum atomic E-state index is 6.00. The molecule has 0 aromatic carbocycles. The first-order valence-electron chi connectivity index (χ1n) is 8.27. The normalized spacial score (nSPS) is 11.3. The highest BCUT2D eigenvalue weighted by atomic mass is 32.1. The van der Waals surface area contributed by atoms with Crippen LogP contribution in [0.25, 0.3) is 22.6 Å². The highest BCUT2D eigenvalue weighted by molar-refractivity contribution is 7.80. The van der Waals surface area contributed by atoms with Gasteiger partial charge in [-0.05, 0) is 36.5 Å². The van der Waals surface area contributed by atoms with E-state index in [2.05, 4.69) is 51.8 Å². The molecule has 0 saturated carbocycles. The first-order chi connectivity index (χ1) is 12.4. The maximum Gasteiger partial charge on any atom is 0.180 e. The molecule has 0 aliphatic rings. The molecule has 26 heavy (non-hydrogen) atoms. The van der Waals surface area contributed by atoms with Crippen molar-refractivity contribution in [3.63, 3.8) is 0 Å². The van der Waals surface area contributed by atoms with Crippen LogP contribution in [-0.4, -0.2) is 34.7 Å². The number of thiocarbonyl (C=S) groups is 1. The Kier molecular flexibility index (Phi) is 5.15. The summed E-state index contributed by atoms with van der Waals surface area (Å²) in [6.45, 7) is 11.0. The third-order valence-corrected chi connectivity index (χ3v) is 5.65. The Hall–Kier alpha value is -2.58. The average Bonchev–Trinajstić information content (AvgIpc) is 3.10. The fourth-order valence-corrected chi connectivity index (χ4v) is 3.48. The molecule has 0 atom stereocenters. The lowest BCUT2D eigenvalue weighted by Gasteiger charge is -2.11. The van der Waals surface area contributed by atoms with E-state index >= 15 is 0 Å². The van der Waals surface area contributed by atoms with Gasteiger partial charge in [-0.25, -0.2) is 9.97 Å². The number of rotatable bonds is 5. The second-order valence-corrected chi connectivity index (χ2v) is 12.2. The summed E-state index contributed by atoms with van der Waals surface area (Å²) in [6.07, 6.45) is 3.44. The van der Waals surface area contributed by atoms with E-state index in [4.69, 9.17) is 16.6 Å². The smallest absolute Gasteiger partial charge is 0.180 e. The number of nitrogens with zero attached hydrogens (tertiary/aromatic N) is 3. The van der Waals surface area contributed by atoms with Crippen molar-refractivity contribution in [2.24, 2.45) is 0 Å². The zero-order valence-electron chi connectivity index (χ0n) is 15.0. The Morgan fingerprint density at radius 2 is 2.04 bits per heavy atom. The van der Waals surface area contributed by atoms with Gasteiger partial charge >= 0.3 is 0 Å². The summed E-state index contributed by atoms with van der Waals surface area (Å²) in [6, 6.07) is 7.64. The molecule has 3 aromatic heterocycles. The van der Waals surface area contributed by atoms with E-state index in [9.17, 15) is 0 Å². The topological polar surface area (TPSA) is 75.9 Å². The predicted molar refractivity (Wildman–Crippen MR) is 112 cm³/mol. The molecule has 2 N–H and O–H groups in total. The monoisotopic (exact) mass is 383 g/mol. The van der Waals surface area contributed by atoms with Crippen LogP contribution in [0, 0.1) is 0 Å².